The van der Waals surface area contributed by atoms with Crippen molar-refractivity contribution >= 4 is 35.8 Å². The summed E-state index contributed by atoms with van der Waals surface area (Å²) in [6.45, 7) is 15.6. The van der Waals surface area contributed by atoms with Crippen LogP contribution in [0.4, 0.5) is 0 Å². The SMILES string of the molecule is C=C(C)C(=O)OCCC(=O)O.C=C(C)C(=O)OCCC(=O)O.C=C(C)C(=O)OCCC(=O)O.CCC(CO)(CO)CO. The highest BCUT2D eigenvalue weighted by molar-refractivity contribution is 5.87. The van der Waals surface area contributed by atoms with E-state index in [1.165, 1.54) is 20.8 Å². The van der Waals surface area contributed by atoms with E-state index in [9.17, 15) is 28.8 Å². The first-order valence-electron chi connectivity index (χ1n) is 12.3. The van der Waals surface area contributed by atoms with Gasteiger partial charge in [-0.3, -0.25) is 14.4 Å². The minimum Gasteiger partial charge on any atom is -0.481 e. The highest BCUT2D eigenvalue weighted by atomic mass is 16.5. The predicted octanol–water partition coefficient (Wildman–Crippen LogP) is 1.10. The molecule has 15 nitrogen and oxygen atoms in total. The smallest absolute Gasteiger partial charge is 0.333 e. The van der Waals surface area contributed by atoms with Crippen molar-refractivity contribution in [1.82, 2.24) is 0 Å². The largest absolute Gasteiger partial charge is 0.481 e. The molecule has 0 aromatic carbocycles. The zero-order valence-electron chi connectivity index (χ0n) is 24.5. The molecule has 0 aromatic rings. The van der Waals surface area contributed by atoms with E-state index in [0.29, 0.717) is 6.42 Å². The second-order valence-electron chi connectivity index (χ2n) is 8.51. The third-order valence-corrected chi connectivity index (χ3v) is 4.45. The lowest BCUT2D eigenvalue weighted by atomic mass is 9.88. The van der Waals surface area contributed by atoms with E-state index in [2.05, 4.69) is 33.9 Å². The second kappa shape index (κ2) is 27.1. The Kier molecular flexibility index (Phi) is 29.0. The summed E-state index contributed by atoms with van der Waals surface area (Å²) >= 11 is 0. The maximum atomic E-state index is 10.6. The van der Waals surface area contributed by atoms with Gasteiger partial charge in [0.2, 0.25) is 0 Å². The van der Waals surface area contributed by atoms with Crippen molar-refractivity contribution in [3.05, 3.63) is 36.5 Å². The number of carbonyl (C=O) groups excluding carboxylic acids is 3. The van der Waals surface area contributed by atoms with E-state index in [-0.39, 0.29) is 75.6 Å². The van der Waals surface area contributed by atoms with Crippen molar-refractivity contribution in [2.24, 2.45) is 5.41 Å². The average Bonchev–Trinajstić information content (AvgIpc) is 2.90. The Morgan fingerprint density at radius 3 is 0.857 bits per heavy atom. The summed E-state index contributed by atoms with van der Waals surface area (Å²) in [7, 11) is 0. The number of carboxylic acid groups (broad SMARTS) is 3. The molecule has 0 heterocycles. The van der Waals surface area contributed by atoms with Crippen LogP contribution in [0.5, 0.6) is 0 Å². The average molecular weight is 609 g/mol. The lowest BCUT2D eigenvalue weighted by Crippen LogP contribution is -2.32. The van der Waals surface area contributed by atoms with Gasteiger partial charge in [-0.2, -0.15) is 0 Å². The van der Waals surface area contributed by atoms with Crippen molar-refractivity contribution in [3.63, 3.8) is 0 Å². The minimum atomic E-state index is -0.987. The molecule has 0 aliphatic heterocycles. The monoisotopic (exact) mass is 608 g/mol. The molecule has 0 saturated carbocycles. The van der Waals surface area contributed by atoms with Crippen LogP contribution in [0, 0.1) is 5.41 Å². The Morgan fingerprint density at radius 2 is 0.762 bits per heavy atom. The van der Waals surface area contributed by atoms with Gasteiger partial charge in [0.15, 0.2) is 0 Å². The summed E-state index contributed by atoms with van der Waals surface area (Å²) < 4.78 is 13.5. The normalized spacial score (nSPS) is 9.50. The molecule has 0 saturated heterocycles. The van der Waals surface area contributed by atoms with Gasteiger partial charge in [0, 0.05) is 22.1 Å². The number of aliphatic hydroxyl groups is 3. The zero-order valence-corrected chi connectivity index (χ0v) is 24.5. The van der Waals surface area contributed by atoms with E-state index in [0.717, 1.165) is 0 Å². The number of hydrogen-bond donors (Lipinski definition) is 6. The van der Waals surface area contributed by atoms with Crippen molar-refractivity contribution in [3.8, 4) is 0 Å². The molecule has 0 unspecified atom stereocenters. The zero-order chi connectivity index (χ0) is 33.9. The fraction of sp³-hybridized carbons (Fsp3) is 0.556. The number of hydrogen-bond acceptors (Lipinski definition) is 12. The summed E-state index contributed by atoms with van der Waals surface area (Å²) in [5, 5.41) is 50.4. The van der Waals surface area contributed by atoms with Gasteiger partial charge in [-0.1, -0.05) is 26.7 Å². The molecule has 42 heavy (non-hydrogen) atoms. The van der Waals surface area contributed by atoms with Crippen LogP contribution in [-0.2, 0) is 43.0 Å². The number of esters is 3. The van der Waals surface area contributed by atoms with Gasteiger partial charge in [-0.15, -0.1) is 0 Å². The highest BCUT2D eigenvalue weighted by Gasteiger charge is 2.24. The van der Waals surface area contributed by atoms with E-state index < -0.39 is 41.2 Å². The van der Waals surface area contributed by atoms with Crippen LogP contribution in [0.1, 0.15) is 53.4 Å². The van der Waals surface area contributed by atoms with Crippen LogP contribution in [0.2, 0.25) is 0 Å². The molecule has 0 atom stereocenters. The topological polar surface area (TPSA) is 251 Å². The lowest BCUT2D eigenvalue weighted by molar-refractivity contribution is -0.145. The van der Waals surface area contributed by atoms with Crippen molar-refractivity contribution in [1.29, 1.82) is 0 Å². The molecule has 0 bridgehead atoms. The molecule has 6 N–H and O–H groups in total. The van der Waals surface area contributed by atoms with E-state index in [1.54, 1.807) is 0 Å². The molecule has 0 aromatic heterocycles. The summed E-state index contributed by atoms with van der Waals surface area (Å²) in [4.78, 5) is 61.6. The standard InChI is InChI=1S/3C7H10O4.C6H14O3/c3*1-5(2)7(10)11-4-3-6(8)9;1-2-6(3-7,4-8)5-9/h3*1,3-4H2,2H3,(H,8,9);7-9H,2-5H2,1H3. The number of carboxylic acids is 3. The quantitative estimate of drug-likeness (QED) is 0.0815. The summed E-state index contributed by atoms with van der Waals surface area (Å²) in [5.74, 6) is -4.61. The van der Waals surface area contributed by atoms with Crippen LogP contribution in [0.25, 0.3) is 0 Å². The first-order chi connectivity index (χ1) is 19.4. The molecule has 0 radical (unpaired) electrons. The van der Waals surface area contributed by atoms with Crippen molar-refractivity contribution in [2.75, 3.05) is 39.6 Å². The van der Waals surface area contributed by atoms with Crippen LogP contribution in [0.3, 0.4) is 0 Å². The van der Waals surface area contributed by atoms with Crippen molar-refractivity contribution in [2.45, 2.75) is 53.4 Å². The maximum Gasteiger partial charge on any atom is 0.333 e. The van der Waals surface area contributed by atoms with Crippen LogP contribution >= 0.6 is 0 Å². The molecule has 15 heteroatoms. The van der Waals surface area contributed by atoms with E-state index in [4.69, 9.17) is 30.6 Å². The number of aliphatic hydroxyl groups excluding tert-OH is 3. The fourth-order valence-corrected chi connectivity index (χ4v) is 1.55. The van der Waals surface area contributed by atoms with Gasteiger partial charge in [-0.25, -0.2) is 14.4 Å². The lowest BCUT2D eigenvalue weighted by Gasteiger charge is -2.24. The molecular formula is C27H44O15. The molecule has 0 amide bonds. The minimum absolute atomic E-state index is 0.0962. The molecular weight excluding hydrogens is 564 g/mol. The van der Waals surface area contributed by atoms with Gasteiger partial charge in [0.1, 0.15) is 19.8 Å². The Bertz CT molecular complexity index is 784. The molecule has 0 aliphatic rings. The van der Waals surface area contributed by atoms with Gasteiger partial charge >= 0.3 is 35.8 Å². The molecule has 0 aliphatic carbocycles. The van der Waals surface area contributed by atoms with Crippen LogP contribution in [0.15, 0.2) is 36.5 Å². The van der Waals surface area contributed by atoms with E-state index in [1.807, 2.05) is 6.92 Å². The molecule has 0 rings (SSSR count). The Morgan fingerprint density at radius 1 is 0.548 bits per heavy atom. The van der Waals surface area contributed by atoms with E-state index >= 15 is 0 Å². The number of rotatable bonds is 16. The number of aliphatic carboxylic acids is 3. The molecule has 0 fully saturated rings. The Labute approximate surface area is 244 Å². The fourth-order valence-electron chi connectivity index (χ4n) is 1.55. The third-order valence-electron chi connectivity index (χ3n) is 4.45. The number of ether oxygens (including phenoxy) is 3. The summed E-state index contributed by atoms with van der Waals surface area (Å²) in [6.07, 6.45) is 0.0908. The van der Waals surface area contributed by atoms with Gasteiger partial charge in [0.25, 0.3) is 0 Å². The second-order valence-corrected chi connectivity index (χ2v) is 8.51. The van der Waals surface area contributed by atoms with Crippen LogP contribution < -0.4 is 0 Å². The number of carbonyl (C=O) groups is 6. The van der Waals surface area contributed by atoms with Crippen LogP contribution in [-0.4, -0.2) is 106 Å². The first-order valence-corrected chi connectivity index (χ1v) is 12.3. The summed E-state index contributed by atoms with van der Waals surface area (Å²) in [6, 6.07) is 0. The maximum absolute atomic E-state index is 10.6. The molecule has 0 spiro atoms. The Hall–Kier alpha value is -4.08. The van der Waals surface area contributed by atoms with Crippen molar-refractivity contribution < 1.29 is 73.6 Å². The van der Waals surface area contributed by atoms with Gasteiger partial charge in [-0.05, 0) is 27.2 Å². The first kappa shape index (κ1) is 44.9. The Balaban J connectivity index is -0.000000230. The predicted molar refractivity (Wildman–Crippen MR) is 148 cm³/mol. The van der Waals surface area contributed by atoms with Gasteiger partial charge in [0.05, 0.1) is 39.1 Å². The summed E-state index contributed by atoms with van der Waals surface area (Å²) in [5.41, 5.74) is 0.154. The third kappa shape index (κ3) is 30.5. The molecule has 242 valence electrons. The van der Waals surface area contributed by atoms with Gasteiger partial charge < -0.3 is 44.8 Å². The highest BCUT2D eigenvalue weighted by Crippen LogP contribution is 2.18.